The van der Waals surface area contributed by atoms with E-state index in [0.29, 0.717) is 18.8 Å². The molecule has 19 heavy (non-hydrogen) atoms. The summed E-state index contributed by atoms with van der Waals surface area (Å²) in [6.45, 7) is 2.61. The standard InChI is InChI=1S/C12H15ClN2O4/c1-8-7-19-9(6-16)5-14(8)11-4-2-3-10(13)12(11)15(17)18/h2-4,8-9,16H,5-7H2,1H3. The molecule has 1 aliphatic rings. The maximum Gasteiger partial charge on any atom is 0.310 e. The normalized spacial score (nSPS) is 23.4. The van der Waals surface area contributed by atoms with Gasteiger partial charge in [-0.2, -0.15) is 0 Å². The molecule has 0 bridgehead atoms. The zero-order valence-corrected chi connectivity index (χ0v) is 11.2. The third-order valence-electron chi connectivity index (χ3n) is 3.17. The molecule has 2 rings (SSSR count). The molecule has 1 N–H and O–H groups in total. The van der Waals surface area contributed by atoms with E-state index in [1.54, 1.807) is 12.1 Å². The van der Waals surface area contributed by atoms with Crippen LogP contribution in [0.4, 0.5) is 11.4 Å². The first-order chi connectivity index (χ1) is 9.04. The van der Waals surface area contributed by atoms with E-state index in [-0.39, 0.29) is 29.5 Å². The van der Waals surface area contributed by atoms with Crippen molar-refractivity contribution in [3.8, 4) is 0 Å². The van der Waals surface area contributed by atoms with Crippen molar-refractivity contribution in [2.45, 2.75) is 19.1 Å². The number of hydrogen-bond donors (Lipinski definition) is 1. The SMILES string of the molecule is CC1COC(CO)CN1c1cccc(Cl)c1[N+](=O)[O-]. The van der Waals surface area contributed by atoms with Gasteiger partial charge in [0.25, 0.3) is 0 Å². The molecule has 1 aromatic rings. The van der Waals surface area contributed by atoms with Gasteiger partial charge in [-0.25, -0.2) is 0 Å². The Balaban J connectivity index is 2.39. The summed E-state index contributed by atoms with van der Waals surface area (Å²) in [5.74, 6) is 0. The number of morpholine rings is 1. The predicted octanol–water partition coefficient (Wildman–Crippen LogP) is 1.83. The van der Waals surface area contributed by atoms with Crippen LogP contribution in [0.15, 0.2) is 18.2 Å². The molecule has 0 radical (unpaired) electrons. The van der Waals surface area contributed by atoms with E-state index in [4.69, 9.17) is 21.4 Å². The van der Waals surface area contributed by atoms with Crippen LogP contribution in [0.5, 0.6) is 0 Å². The third-order valence-corrected chi connectivity index (χ3v) is 3.47. The largest absolute Gasteiger partial charge is 0.394 e. The molecule has 1 aromatic carbocycles. The summed E-state index contributed by atoms with van der Waals surface area (Å²) in [6, 6.07) is 4.83. The Morgan fingerprint density at radius 3 is 3.00 bits per heavy atom. The van der Waals surface area contributed by atoms with Crippen molar-refractivity contribution in [3.63, 3.8) is 0 Å². The number of para-hydroxylation sites is 1. The molecule has 1 heterocycles. The molecule has 0 aromatic heterocycles. The molecule has 1 saturated heterocycles. The first-order valence-corrected chi connectivity index (χ1v) is 6.34. The Bertz CT molecular complexity index is 483. The molecule has 0 spiro atoms. The van der Waals surface area contributed by atoms with Gasteiger partial charge >= 0.3 is 5.69 Å². The van der Waals surface area contributed by atoms with Gasteiger partial charge < -0.3 is 14.7 Å². The molecule has 1 aliphatic heterocycles. The molecule has 2 atom stereocenters. The number of benzene rings is 1. The van der Waals surface area contributed by atoms with Crippen LogP contribution in [-0.4, -0.2) is 41.9 Å². The van der Waals surface area contributed by atoms with Gasteiger partial charge in [-0.15, -0.1) is 0 Å². The minimum Gasteiger partial charge on any atom is -0.394 e. The van der Waals surface area contributed by atoms with Crippen LogP contribution in [0, 0.1) is 10.1 Å². The lowest BCUT2D eigenvalue weighted by atomic mass is 10.1. The van der Waals surface area contributed by atoms with E-state index in [9.17, 15) is 10.1 Å². The van der Waals surface area contributed by atoms with Crippen molar-refractivity contribution in [1.29, 1.82) is 0 Å². The lowest BCUT2D eigenvalue weighted by molar-refractivity contribution is -0.384. The van der Waals surface area contributed by atoms with Crippen LogP contribution in [0.3, 0.4) is 0 Å². The van der Waals surface area contributed by atoms with Crippen LogP contribution >= 0.6 is 11.6 Å². The second kappa shape index (κ2) is 5.73. The number of halogens is 1. The highest BCUT2D eigenvalue weighted by atomic mass is 35.5. The fourth-order valence-corrected chi connectivity index (χ4v) is 2.42. The van der Waals surface area contributed by atoms with Crippen molar-refractivity contribution >= 4 is 23.0 Å². The van der Waals surface area contributed by atoms with Crippen molar-refractivity contribution in [2.24, 2.45) is 0 Å². The third kappa shape index (κ3) is 2.80. The summed E-state index contributed by atoms with van der Waals surface area (Å²) in [5, 5.41) is 20.4. The minimum atomic E-state index is -0.478. The number of ether oxygens (including phenoxy) is 1. The fraction of sp³-hybridized carbons (Fsp3) is 0.500. The molecular weight excluding hydrogens is 272 g/mol. The highest BCUT2D eigenvalue weighted by molar-refractivity contribution is 6.33. The number of nitrogens with zero attached hydrogens (tertiary/aromatic N) is 2. The molecule has 104 valence electrons. The highest BCUT2D eigenvalue weighted by Crippen LogP contribution is 2.36. The van der Waals surface area contributed by atoms with Gasteiger partial charge in [0, 0.05) is 12.6 Å². The second-order valence-electron chi connectivity index (χ2n) is 4.50. The number of aliphatic hydroxyl groups is 1. The van der Waals surface area contributed by atoms with Crippen LogP contribution in [0.25, 0.3) is 0 Å². The van der Waals surface area contributed by atoms with Gasteiger partial charge in [0.15, 0.2) is 0 Å². The van der Waals surface area contributed by atoms with Crippen molar-refractivity contribution < 1.29 is 14.8 Å². The monoisotopic (exact) mass is 286 g/mol. The smallest absolute Gasteiger partial charge is 0.310 e. The molecule has 0 amide bonds. The fourth-order valence-electron chi connectivity index (χ4n) is 2.18. The van der Waals surface area contributed by atoms with Crippen molar-refractivity contribution in [2.75, 3.05) is 24.7 Å². The Morgan fingerprint density at radius 2 is 2.37 bits per heavy atom. The molecule has 7 heteroatoms. The Morgan fingerprint density at radius 1 is 1.63 bits per heavy atom. The number of nitro groups is 1. The van der Waals surface area contributed by atoms with Crippen molar-refractivity contribution in [1.82, 2.24) is 0 Å². The van der Waals surface area contributed by atoms with Gasteiger partial charge in [-0.3, -0.25) is 10.1 Å². The average molecular weight is 287 g/mol. The number of rotatable bonds is 3. The van der Waals surface area contributed by atoms with Gasteiger partial charge in [-0.05, 0) is 19.1 Å². The van der Waals surface area contributed by atoms with E-state index in [0.717, 1.165) is 0 Å². The Hall–Kier alpha value is -1.37. The van der Waals surface area contributed by atoms with E-state index in [1.165, 1.54) is 6.07 Å². The number of nitro benzene ring substituents is 1. The first-order valence-electron chi connectivity index (χ1n) is 5.96. The molecule has 0 saturated carbocycles. The number of aliphatic hydroxyl groups excluding tert-OH is 1. The second-order valence-corrected chi connectivity index (χ2v) is 4.91. The molecule has 6 nitrogen and oxygen atoms in total. The lowest BCUT2D eigenvalue weighted by Gasteiger charge is -2.38. The van der Waals surface area contributed by atoms with Gasteiger partial charge in [0.1, 0.15) is 10.7 Å². The maximum atomic E-state index is 11.2. The first kappa shape index (κ1) is 14.0. The minimum absolute atomic E-state index is 0.0139. The van der Waals surface area contributed by atoms with Crippen LogP contribution in [-0.2, 0) is 4.74 Å². The van der Waals surface area contributed by atoms with Crippen LogP contribution < -0.4 is 4.90 Å². The number of anilines is 1. The molecule has 0 aliphatic carbocycles. The van der Waals surface area contributed by atoms with E-state index in [1.807, 2.05) is 11.8 Å². The molecule has 2 unspecified atom stereocenters. The summed E-state index contributed by atoms with van der Waals surface area (Å²) in [4.78, 5) is 12.5. The Labute approximate surface area is 115 Å². The zero-order chi connectivity index (χ0) is 14.0. The number of hydrogen-bond acceptors (Lipinski definition) is 5. The van der Waals surface area contributed by atoms with E-state index < -0.39 is 4.92 Å². The van der Waals surface area contributed by atoms with Crippen LogP contribution in [0.1, 0.15) is 6.92 Å². The quantitative estimate of drug-likeness (QED) is 0.678. The Kier molecular flexibility index (Phi) is 4.24. The summed E-state index contributed by atoms with van der Waals surface area (Å²) in [7, 11) is 0. The maximum absolute atomic E-state index is 11.2. The van der Waals surface area contributed by atoms with Gasteiger partial charge in [-0.1, -0.05) is 17.7 Å². The van der Waals surface area contributed by atoms with Crippen molar-refractivity contribution in [3.05, 3.63) is 33.3 Å². The summed E-state index contributed by atoms with van der Waals surface area (Å²) in [6.07, 6.45) is -0.338. The summed E-state index contributed by atoms with van der Waals surface area (Å²) >= 11 is 5.91. The topological polar surface area (TPSA) is 75.8 Å². The van der Waals surface area contributed by atoms with E-state index in [2.05, 4.69) is 0 Å². The summed E-state index contributed by atoms with van der Waals surface area (Å²) in [5.41, 5.74) is 0.362. The van der Waals surface area contributed by atoms with Crippen LogP contribution in [0.2, 0.25) is 5.02 Å². The van der Waals surface area contributed by atoms with Gasteiger partial charge in [0.05, 0.1) is 24.2 Å². The molecule has 1 fully saturated rings. The average Bonchev–Trinajstić information content (AvgIpc) is 2.38. The predicted molar refractivity (Wildman–Crippen MR) is 71.7 cm³/mol. The van der Waals surface area contributed by atoms with E-state index >= 15 is 0 Å². The highest BCUT2D eigenvalue weighted by Gasteiger charge is 2.31. The van der Waals surface area contributed by atoms with Gasteiger partial charge in [0.2, 0.25) is 0 Å². The summed E-state index contributed by atoms with van der Waals surface area (Å²) < 4.78 is 5.43. The lowest BCUT2D eigenvalue weighted by Crippen LogP contribution is -2.49. The molecular formula is C12H15ClN2O4. The zero-order valence-electron chi connectivity index (χ0n) is 10.5.